The van der Waals surface area contributed by atoms with Gasteiger partial charge in [-0.25, -0.2) is 4.79 Å². The summed E-state index contributed by atoms with van der Waals surface area (Å²) in [5.41, 5.74) is 0. The van der Waals surface area contributed by atoms with Crippen LogP contribution in [0.5, 0.6) is 0 Å². The minimum absolute atomic E-state index is 0.0672. The first-order chi connectivity index (χ1) is 5.16. The third-order valence-corrected chi connectivity index (χ3v) is 1.85. The SMILES string of the molecule is CCCN1C(=O)NC(=N)C1C. The van der Waals surface area contributed by atoms with Gasteiger partial charge in [-0.05, 0) is 13.3 Å². The van der Waals surface area contributed by atoms with Crippen LogP contribution in [0.3, 0.4) is 0 Å². The lowest BCUT2D eigenvalue weighted by atomic mass is 10.3. The van der Waals surface area contributed by atoms with Crippen molar-refractivity contribution < 1.29 is 4.79 Å². The maximum atomic E-state index is 11.1. The number of amides is 2. The number of rotatable bonds is 2. The molecule has 2 N–H and O–H groups in total. The normalized spacial score (nSPS) is 24.2. The van der Waals surface area contributed by atoms with Crippen LogP contribution in [0.25, 0.3) is 0 Å². The molecular formula is C7H13N3O. The van der Waals surface area contributed by atoms with Crippen molar-refractivity contribution in [2.24, 2.45) is 0 Å². The Hall–Kier alpha value is -1.06. The Morgan fingerprint density at radius 1 is 1.73 bits per heavy atom. The van der Waals surface area contributed by atoms with Crippen molar-refractivity contribution in [3.8, 4) is 0 Å². The van der Waals surface area contributed by atoms with Crippen LogP contribution in [0.15, 0.2) is 0 Å². The van der Waals surface area contributed by atoms with E-state index in [0.29, 0.717) is 5.84 Å². The zero-order valence-electron chi connectivity index (χ0n) is 6.85. The summed E-state index contributed by atoms with van der Waals surface area (Å²) < 4.78 is 0. The van der Waals surface area contributed by atoms with Gasteiger partial charge in [0, 0.05) is 6.54 Å². The summed E-state index contributed by atoms with van der Waals surface area (Å²) in [6, 6.07) is -0.202. The standard InChI is InChI=1S/C7H13N3O/c1-3-4-10-5(2)6(8)9-7(10)11/h5H,3-4H2,1-2H3,(H2,8,9,11). The van der Waals surface area contributed by atoms with Gasteiger partial charge in [0.25, 0.3) is 0 Å². The van der Waals surface area contributed by atoms with E-state index in [2.05, 4.69) is 5.32 Å². The van der Waals surface area contributed by atoms with E-state index in [1.165, 1.54) is 0 Å². The fraction of sp³-hybridized carbons (Fsp3) is 0.714. The molecule has 0 aromatic heterocycles. The average Bonchev–Trinajstić information content (AvgIpc) is 2.17. The molecule has 1 aliphatic heterocycles. The summed E-state index contributed by atoms with van der Waals surface area (Å²) in [4.78, 5) is 12.7. The van der Waals surface area contributed by atoms with Crippen molar-refractivity contribution in [1.82, 2.24) is 10.2 Å². The Kier molecular flexibility index (Phi) is 2.12. The van der Waals surface area contributed by atoms with E-state index in [9.17, 15) is 4.79 Å². The highest BCUT2D eigenvalue weighted by molar-refractivity contribution is 6.05. The lowest BCUT2D eigenvalue weighted by Gasteiger charge is -2.17. The number of nitrogens with zero attached hydrogens (tertiary/aromatic N) is 1. The second kappa shape index (κ2) is 2.90. The van der Waals surface area contributed by atoms with Gasteiger partial charge in [0.2, 0.25) is 0 Å². The van der Waals surface area contributed by atoms with E-state index >= 15 is 0 Å². The van der Waals surface area contributed by atoms with E-state index in [0.717, 1.165) is 13.0 Å². The molecule has 1 rings (SSSR count). The summed E-state index contributed by atoms with van der Waals surface area (Å²) in [5.74, 6) is 0.309. The van der Waals surface area contributed by atoms with E-state index in [4.69, 9.17) is 5.41 Å². The van der Waals surface area contributed by atoms with Crippen LogP contribution in [0, 0.1) is 5.41 Å². The summed E-state index contributed by atoms with van der Waals surface area (Å²) in [7, 11) is 0. The van der Waals surface area contributed by atoms with Gasteiger partial charge in [-0.3, -0.25) is 10.7 Å². The van der Waals surface area contributed by atoms with Crippen molar-refractivity contribution in [2.45, 2.75) is 26.3 Å². The molecule has 0 bridgehead atoms. The molecule has 1 saturated heterocycles. The van der Waals surface area contributed by atoms with Crippen LogP contribution in [-0.2, 0) is 0 Å². The zero-order chi connectivity index (χ0) is 8.43. The molecule has 0 aromatic carbocycles. The highest BCUT2D eigenvalue weighted by Gasteiger charge is 2.30. The molecule has 0 spiro atoms. The number of hydrogen-bond donors (Lipinski definition) is 2. The van der Waals surface area contributed by atoms with Gasteiger partial charge in [-0.15, -0.1) is 0 Å². The zero-order valence-corrected chi connectivity index (χ0v) is 6.85. The molecule has 62 valence electrons. The molecule has 1 heterocycles. The van der Waals surface area contributed by atoms with Crippen molar-refractivity contribution in [3.05, 3.63) is 0 Å². The van der Waals surface area contributed by atoms with Gasteiger partial charge >= 0.3 is 6.03 Å². The highest BCUT2D eigenvalue weighted by atomic mass is 16.2. The Morgan fingerprint density at radius 2 is 2.36 bits per heavy atom. The van der Waals surface area contributed by atoms with Crippen LogP contribution < -0.4 is 5.32 Å². The Morgan fingerprint density at radius 3 is 2.73 bits per heavy atom. The Labute approximate surface area is 66.1 Å². The predicted octanol–water partition coefficient (Wildman–Crippen LogP) is 0.787. The van der Waals surface area contributed by atoms with E-state index in [1.807, 2.05) is 13.8 Å². The molecule has 1 fully saturated rings. The topological polar surface area (TPSA) is 56.2 Å². The Balaban J connectivity index is 2.63. The van der Waals surface area contributed by atoms with Crippen LogP contribution in [0.4, 0.5) is 4.79 Å². The van der Waals surface area contributed by atoms with Crippen LogP contribution in [0.1, 0.15) is 20.3 Å². The number of urea groups is 1. The number of carbonyl (C=O) groups excluding carboxylic acids is 1. The van der Waals surface area contributed by atoms with Gasteiger partial charge in [-0.2, -0.15) is 0 Å². The van der Waals surface area contributed by atoms with Crippen LogP contribution >= 0.6 is 0 Å². The van der Waals surface area contributed by atoms with Gasteiger partial charge < -0.3 is 4.90 Å². The molecule has 4 heteroatoms. The fourth-order valence-corrected chi connectivity index (χ4v) is 1.16. The number of carbonyl (C=O) groups is 1. The van der Waals surface area contributed by atoms with Crippen LogP contribution in [-0.4, -0.2) is 29.4 Å². The van der Waals surface area contributed by atoms with E-state index in [1.54, 1.807) is 4.90 Å². The van der Waals surface area contributed by atoms with Crippen molar-refractivity contribution in [2.75, 3.05) is 6.54 Å². The lowest BCUT2D eigenvalue weighted by Crippen LogP contribution is -2.33. The average molecular weight is 155 g/mol. The minimum atomic E-state index is -0.135. The van der Waals surface area contributed by atoms with Crippen LogP contribution in [0.2, 0.25) is 0 Å². The molecular weight excluding hydrogens is 142 g/mol. The maximum absolute atomic E-state index is 11.1. The summed E-state index contributed by atoms with van der Waals surface area (Å²) in [5, 5.41) is 9.79. The predicted molar refractivity (Wildman–Crippen MR) is 42.7 cm³/mol. The minimum Gasteiger partial charge on any atom is -0.315 e. The molecule has 0 aromatic rings. The van der Waals surface area contributed by atoms with E-state index in [-0.39, 0.29) is 12.1 Å². The van der Waals surface area contributed by atoms with Crippen molar-refractivity contribution in [1.29, 1.82) is 5.41 Å². The van der Waals surface area contributed by atoms with Gasteiger partial charge in [0.05, 0.1) is 6.04 Å². The Bertz CT molecular complexity index is 190. The van der Waals surface area contributed by atoms with Gasteiger partial charge in [0.15, 0.2) is 0 Å². The molecule has 0 saturated carbocycles. The molecule has 1 atom stereocenters. The molecule has 4 nitrogen and oxygen atoms in total. The third kappa shape index (κ3) is 1.34. The quantitative estimate of drug-likeness (QED) is 0.608. The molecule has 11 heavy (non-hydrogen) atoms. The molecule has 0 radical (unpaired) electrons. The summed E-state index contributed by atoms with van der Waals surface area (Å²) >= 11 is 0. The smallest absolute Gasteiger partial charge is 0.315 e. The number of amidine groups is 1. The number of nitrogens with one attached hydrogen (secondary N) is 2. The van der Waals surface area contributed by atoms with Gasteiger partial charge in [0.1, 0.15) is 5.84 Å². The summed E-state index contributed by atoms with van der Waals surface area (Å²) in [6.45, 7) is 4.60. The lowest BCUT2D eigenvalue weighted by molar-refractivity contribution is 0.208. The monoisotopic (exact) mass is 155 g/mol. The largest absolute Gasteiger partial charge is 0.323 e. The molecule has 1 aliphatic rings. The highest BCUT2D eigenvalue weighted by Crippen LogP contribution is 2.07. The first-order valence-corrected chi connectivity index (χ1v) is 3.83. The van der Waals surface area contributed by atoms with Crippen molar-refractivity contribution in [3.63, 3.8) is 0 Å². The number of hydrogen-bond acceptors (Lipinski definition) is 2. The molecule has 0 aliphatic carbocycles. The molecule has 1 unspecified atom stereocenters. The van der Waals surface area contributed by atoms with E-state index < -0.39 is 0 Å². The third-order valence-electron chi connectivity index (χ3n) is 1.85. The van der Waals surface area contributed by atoms with Crippen molar-refractivity contribution >= 4 is 11.9 Å². The first kappa shape index (κ1) is 8.04. The maximum Gasteiger partial charge on any atom is 0.323 e. The summed E-state index contributed by atoms with van der Waals surface area (Å²) in [6.07, 6.45) is 0.936. The first-order valence-electron chi connectivity index (χ1n) is 3.83. The molecule has 2 amide bonds. The van der Waals surface area contributed by atoms with Gasteiger partial charge in [-0.1, -0.05) is 6.92 Å². The fourth-order valence-electron chi connectivity index (χ4n) is 1.16. The second-order valence-corrected chi connectivity index (χ2v) is 2.71. The second-order valence-electron chi connectivity index (χ2n) is 2.71.